The summed E-state index contributed by atoms with van der Waals surface area (Å²) in [5.74, 6) is -5.77. The summed E-state index contributed by atoms with van der Waals surface area (Å²) in [5, 5.41) is 2.32. The molecule has 0 radical (unpaired) electrons. The minimum absolute atomic E-state index is 0.0259. The number of aromatic nitrogens is 1. The first-order chi connectivity index (χ1) is 16.4. The van der Waals surface area contributed by atoms with Crippen molar-refractivity contribution in [1.82, 2.24) is 4.98 Å². The predicted octanol–water partition coefficient (Wildman–Crippen LogP) is 5.58. The van der Waals surface area contributed by atoms with Crippen molar-refractivity contribution in [3.63, 3.8) is 0 Å². The lowest BCUT2D eigenvalue weighted by Gasteiger charge is -2.17. The van der Waals surface area contributed by atoms with Crippen LogP contribution in [0.5, 0.6) is 23.0 Å². The van der Waals surface area contributed by atoms with Crippen molar-refractivity contribution >= 4 is 40.7 Å². The number of methoxy groups -OCH3 is 1. The van der Waals surface area contributed by atoms with Gasteiger partial charge in [-0.3, -0.25) is 14.6 Å². The summed E-state index contributed by atoms with van der Waals surface area (Å²) in [6.07, 6.45) is -3.92. The molecule has 3 N–H and O–H groups in total. The molecule has 8 nitrogen and oxygen atoms in total. The van der Waals surface area contributed by atoms with Gasteiger partial charge >= 0.3 is 6.36 Å². The molecule has 1 aromatic heterocycles. The third-order valence-corrected chi connectivity index (χ3v) is 4.71. The summed E-state index contributed by atoms with van der Waals surface area (Å²) < 4.78 is 66.1. The second kappa shape index (κ2) is 10.2. The maximum atomic E-state index is 14.6. The normalized spacial score (nSPS) is 11.1. The van der Waals surface area contributed by atoms with Gasteiger partial charge in [-0.05, 0) is 30.3 Å². The molecule has 0 spiro atoms. The number of carbonyl (C=O) groups is 2. The molecular formula is C21H13Cl2F4N3O5. The van der Waals surface area contributed by atoms with Crippen molar-refractivity contribution in [3.8, 4) is 23.0 Å². The number of primary amides is 1. The molecule has 184 valence electrons. The van der Waals surface area contributed by atoms with Crippen LogP contribution in [0, 0.1) is 5.82 Å². The molecule has 0 unspecified atom stereocenters. The van der Waals surface area contributed by atoms with Crippen LogP contribution < -0.4 is 25.3 Å². The lowest BCUT2D eigenvalue weighted by Crippen LogP contribution is -2.18. The molecule has 0 atom stereocenters. The number of hydrogen-bond donors (Lipinski definition) is 2. The summed E-state index contributed by atoms with van der Waals surface area (Å²) in [7, 11) is 0.987. The molecule has 0 fully saturated rings. The van der Waals surface area contributed by atoms with Crippen molar-refractivity contribution in [2.75, 3.05) is 12.4 Å². The first-order valence-electron chi connectivity index (χ1n) is 9.26. The maximum Gasteiger partial charge on any atom is 0.573 e. The van der Waals surface area contributed by atoms with Gasteiger partial charge in [0.2, 0.25) is 11.6 Å². The largest absolute Gasteiger partial charge is 0.573 e. The number of nitrogens with one attached hydrogen (secondary N) is 1. The van der Waals surface area contributed by atoms with Gasteiger partial charge in [0.25, 0.3) is 11.8 Å². The highest BCUT2D eigenvalue weighted by Crippen LogP contribution is 2.42. The van der Waals surface area contributed by atoms with E-state index in [4.69, 9.17) is 38.4 Å². The van der Waals surface area contributed by atoms with Crippen LogP contribution in [0.4, 0.5) is 23.2 Å². The van der Waals surface area contributed by atoms with E-state index in [1.54, 1.807) is 0 Å². The maximum absolute atomic E-state index is 14.6. The van der Waals surface area contributed by atoms with Gasteiger partial charge in [-0.2, -0.15) is 4.39 Å². The van der Waals surface area contributed by atoms with Gasteiger partial charge < -0.3 is 25.3 Å². The fourth-order valence-corrected chi connectivity index (χ4v) is 3.36. The van der Waals surface area contributed by atoms with Crippen molar-refractivity contribution in [1.29, 1.82) is 0 Å². The lowest BCUT2D eigenvalue weighted by molar-refractivity contribution is -0.275. The topological polar surface area (TPSA) is 113 Å². The van der Waals surface area contributed by atoms with Crippen LogP contribution in [0.25, 0.3) is 0 Å². The summed E-state index contributed by atoms with van der Waals surface area (Å²) in [6.45, 7) is 0. The van der Waals surface area contributed by atoms with E-state index >= 15 is 0 Å². The first-order valence-corrected chi connectivity index (χ1v) is 10.0. The molecule has 0 saturated carbocycles. The summed E-state index contributed by atoms with van der Waals surface area (Å²) in [5.41, 5.74) is 4.91. The summed E-state index contributed by atoms with van der Waals surface area (Å²) >= 11 is 12.2. The number of ether oxygens (including phenoxy) is 3. The molecule has 0 aliphatic carbocycles. The Hall–Kier alpha value is -3.77. The zero-order chi connectivity index (χ0) is 25.9. The number of nitrogens with two attached hydrogens (primary N) is 1. The number of nitrogens with zero attached hydrogens (tertiary/aromatic N) is 1. The zero-order valence-corrected chi connectivity index (χ0v) is 18.9. The highest BCUT2D eigenvalue weighted by atomic mass is 35.5. The number of rotatable bonds is 7. The number of halogens is 6. The number of alkyl halides is 3. The van der Waals surface area contributed by atoms with E-state index in [-0.39, 0.29) is 32.7 Å². The van der Waals surface area contributed by atoms with Crippen LogP contribution in [0.1, 0.15) is 20.8 Å². The summed E-state index contributed by atoms with van der Waals surface area (Å²) in [6, 6.07) is 6.57. The molecule has 0 saturated heterocycles. The standard InChI is InChI=1S/C21H13Cl2F4N3O5/c1-33-18-14(3-2-13(17(18)24)35-21(25,26)27)34-15-7-9(22)6-11(23)16(15)20(32)30-10-4-5-29-12(8-10)19(28)31/h2-8H,1H3,(H2,28,31)(H,29,30,32). The van der Waals surface area contributed by atoms with Crippen LogP contribution in [-0.2, 0) is 0 Å². The van der Waals surface area contributed by atoms with Crippen molar-refractivity contribution in [3.05, 3.63) is 69.7 Å². The Morgan fingerprint density at radius 1 is 1.06 bits per heavy atom. The van der Waals surface area contributed by atoms with Gasteiger partial charge in [-0.25, -0.2) is 0 Å². The molecule has 1 heterocycles. The molecule has 0 aliphatic heterocycles. The number of anilines is 1. The van der Waals surface area contributed by atoms with E-state index in [1.165, 1.54) is 30.5 Å². The second-order valence-electron chi connectivity index (χ2n) is 6.57. The molecule has 2 aromatic carbocycles. The van der Waals surface area contributed by atoms with Gasteiger partial charge in [0.1, 0.15) is 17.0 Å². The number of amides is 2. The van der Waals surface area contributed by atoms with Gasteiger partial charge in [0.15, 0.2) is 11.5 Å². The Morgan fingerprint density at radius 2 is 1.74 bits per heavy atom. The van der Waals surface area contributed by atoms with E-state index in [0.717, 1.165) is 13.2 Å². The number of benzene rings is 2. The molecule has 14 heteroatoms. The van der Waals surface area contributed by atoms with Gasteiger partial charge in [-0.15, -0.1) is 13.2 Å². The summed E-state index contributed by atoms with van der Waals surface area (Å²) in [4.78, 5) is 28.0. The average Bonchev–Trinajstić information content (AvgIpc) is 2.74. The third kappa shape index (κ3) is 6.22. The van der Waals surface area contributed by atoms with E-state index in [9.17, 15) is 27.2 Å². The number of pyridine rings is 1. The SMILES string of the molecule is COc1c(Oc2cc(Cl)cc(Cl)c2C(=O)Nc2ccnc(C(N)=O)c2)ccc(OC(F)(F)F)c1F. The van der Waals surface area contributed by atoms with Crippen molar-refractivity contribution < 1.29 is 41.4 Å². The second-order valence-corrected chi connectivity index (χ2v) is 7.41. The molecule has 3 rings (SSSR count). The minimum atomic E-state index is -5.15. The van der Waals surface area contributed by atoms with Crippen LogP contribution in [0.15, 0.2) is 42.6 Å². The Bertz CT molecular complexity index is 1300. The zero-order valence-electron chi connectivity index (χ0n) is 17.4. The Kier molecular flexibility index (Phi) is 7.56. The van der Waals surface area contributed by atoms with E-state index < -0.39 is 41.2 Å². The quantitative estimate of drug-likeness (QED) is 0.383. The Labute approximate surface area is 204 Å². The first kappa shape index (κ1) is 25.8. The van der Waals surface area contributed by atoms with Gasteiger partial charge in [0, 0.05) is 23.0 Å². The van der Waals surface area contributed by atoms with Crippen LogP contribution in [0.2, 0.25) is 10.0 Å². The number of hydrogen-bond acceptors (Lipinski definition) is 6. The molecule has 0 bridgehead atoms. The van der Waals surface area contributed by atoms with E-state index in [0.29, 0.717) is 6.07 Å². The minimum Gasteiger partial charge on any atom is -0.490 e. The number of carbonyl (C=O) groups excluding carboxylic acids is 2. The molecule has 35 heavy (non-hydrogen) atoms. The third-order valence-electron chi connectivity index (χ3n) is 4.19. The Balaban J connectivity index is 2.00. The molecule has 3 aromatic rings. The predicted molar refractivity (Wildman–Crippen MR) is 117 cm³/mol. The smallest absolute Gasteiger partial charge is 0.490 e. The van der Waals surface area contributed by atoms with Crippen LogP contribution in [0.3, 0.4) is 0 Å². The highest BCUT2D eigenvalue weighted by Gasteiger charge is 2.34. The van der Waals surface area contributed by atoms with Crippen molar-refractivity contribution in [2.45, 2.75) is 6.36 Å². The molecule has 0 aliphatic rings. The average molecular weight is 534 g/mol. The van der Waals surface area contributed by atoms with Crippen LogP contribution in [-0.4, -0.2) is 30.3 Å². The van der Waals surface area contributed by atoms with Gasteiger partial charge in [0.05, 0.1) is 12.1 Å². The Morgan fingerprint density at radius 3 is 2.37 bits per heavy atom. The monoisotopic (exact) mass is 533 g/mol. The van der Waals surface area contributed by atoms with Crippen molar-refractivity contribution in [2.24, 2.45) is 5.73 Å². The van der Waals surface area contributed by atoms with E-state index in [1.807, 2.05) is 0 Å². The fraction of sp³-hybridized carbons (Fsp3) is 0.0952. The molecule has 2 amide bonds. The molecular weight excluding hydrogens is 521 g/mol. The highest BCUT2D eigenvalue weighted by molar-refractivity contribution is 6.37. The van der Waals surface area contributed by atoms with Gasteiger partial charge in [-0.1, -0.05) is 23.2 Å². The van der Waals surface area contributed by atoms with E-state index in [2.05, 4.69) is 15.0 Å². The van der Waals surface area contributed by atoms with Crippen LogP contribution >= 0.6 is 23.2 Å². The fourth-order valence-electron chi connectivity index (χ4n) is 2.80. The lowest BCUT2D eigenvalue weighted by atomic mass is 10.1.